The molecular weight excluding hydrogens is 207 g/mol. The van der Waals surface area contributed by atoms with Gasteiger partial charge in [0.15, 0.2) is 0 Å². The van der Waals surface area contributed by atoms with Crippen LogP contribution in [0.2, 0.25) is 8.87 Å². The van der Waals surface area contributed by atoms with E-state index in [1.54, 1.807) is 0 Å². The molecule has 1 radical (unpaired) electrons. The van der Waals surface area contributed by atoms with Gasteiger partial charge in [-0.2, -0.15) is 0 Å². The van der Waals surface area contributed by atoms with Crippen molar-refractivity contribution in [3.63, 3.8) is 0 Å². The molecule has 47 valence electrons. The van der Waals surface area contributed by atoms with E-state index in [0.717, 1.165) is 6.61 Å². The van der Waals surface area contributed by atoms with Gasteiger partial charge in [0.05, 0.1) is 0 Å². The summed E-state index contributed by atoms with van der Waals surface area (Å²) in [5.74, 6) is 0. The molecule has 0 saturated carbocycles. The van der Waals surface area contributed by atoms with Gasteiger partial charge in [0, 0.05) is 0 Å². The topological polar surface area (TPSA) is 9.23 Å². The summed E-state index contributed by atoms with van der Waals surface area (Å²) in [5.41, 5.74) is 0. The standard InChI is InChI=1S/C4H8O.C2H5.Sn/c1-2-3-4-5;1-2;/h1-4H2;1H2,2H3;/q-1;;+1. The Bertz CT molecular complexity index is 59.5. The Morgan fingerprint density at radius 1 is 1.50 bits per heavy atom. The molecule has 1 fully saturated rings. The average Bonchev–Trinajstić information content (AvgIpc) is 1.90. The molecule has 0 atom stereocenters. The Morgan fingerprint density at radius 2 is 2.38 bits per heavy atom. The zero-order valence-electron chi connectivity index (χ0n) is 5.44. The molecular formula is C6H13OSn. The Morgan fingerprint density at radius 3 is 2.75 bits per heavy atom. The molecule has 1 aliphatic heterocycles. The fourth-order valence-electron chi connectivity index (χ4n) is 0.992. The summed E-state index contributed by atoms with van der Waals surface area (Å²) in [6.07, 6.45) is 2.78. The van der Waals surface area contributed by atoms with Crippen LogP contribution in [0.4, 0.5) is 0 Å². The van der Waals surface area contributed by atoms with Crippen LogP contribution in [-0.2, 0) is 3.07 Å². The molecule has 1 saturated heterocycles. The molecule has 1 nitrogen and oxygen atoms in total. The maximum atomic E-state index is 5.62. The molecule has 1 heterocycles. The molecule has 0 aromatic heterocycles. The van der Waals surface area contributed by atoms with Crippen molar-refractivity contribution in [2.45, 2.75) is 28.6 Å². The van der Waals surface area contributed by atoms with Gasteiger partial charge in [-0.1, -0.05) is 0 Å². The summed E-state index contributed by atoms with van der Waals surface area (Å²) in [6, 6.07) is 0. The molecule has 8 heavy (non-hydrogen) atoms. The van der Waals surface area contributed by atoms with Gasteiger partial charge in [-0.15, -0.1) is 0 Å². The van der Waals surface area contributed by atoms with Crippen LogP contribution >= 0.6 is 0 Å². The van der Waals surface area contributed by atoms with Gasteiger partial charge in [-0.3, -0.25) is 0 Å². The van der Waals surface area contributed by atoms with E-state index in [0.29, 0.717) is 0 Å². The summed E-state index contributed by atoms with van der Waals surface area (Å²) in [4.78, 5) is 0. The van der Waals surface area contributed by atoms with E-state index in [1.165, 1.54) is 21.7 Å². The van der Waals surface area contributed by atoms with Crippen LogP contribution in [0.3, 0.4) is 0 Å². The van der Waals surface area contributed by atoms with Crippen molar-refractivity contribution >= 4 is 20.2 Å². The molecule has 0 aromatic rings. The molecule has 1 rings (SSSR count). The Hall–Kier alpha value is 0.759. The van der Waals surface area contributed by atoms with E-state index in [9.17, 15) is 0 Å². The maximum absolute atomic E-state index is 5.62. The predicted octanol–water partition coefficient (Wildman–Crippen LogP) is 1.81. The van der Waals surface area contributed by atoms with Crippen LogP contribution in [0, 0.1) is 0 Å². The first-order valence-electron chi connectivity index (χ1n) is 3.41. The zero-order chi connectivity index (χ0) is 5.82. The Kier molecular flexibility index (Phi) is 3.20. The van der Waals surface area contributed by atoms with Crippen molar-refractivity contribution in [1.29, 1.82) is 0 Å². The van der Waals surface area contributed by atoms with Gasteiger partial charge >= 0.3 is 58.5 Å². The van der Waals surface area contributed by atoms with Gasteiger partial charge in [0.2, 0.25) is 0 Å². The molecule has 0 aromatic carbocycles. The van der Waals surface area contributed by atoms with Crippen molar-refractivity contribution in [2.24, 2.45) is 0 Å². The van der Waals surface area contributed by atoms with E-state index in [2.05, 4.69) is 6.92 Å². The van der Waals surface area contributed by atoms with Crippen molar-refractivity contribution in [3.8, 4) is 0 Å². The van der Waals surface area contributed by atoms with Crippen LogP contribution < -0.4 is 0 Å². The number of hydrogen-bond acceptors (Lipinski definition) is 1. The second kappa shape index (κ2) is 3.72. The third kappa shape index (κ3) is 1.94. The molecule has 0 aliphatic carbocycles. The molecule has 1 aliphatic rings. The summed E-state index contributed by atoms with van der Waals surface area (Å²) >= 11 is -1.10. The molecule has 0 N–H and O–H groups in total. The molecule has 0 spiro atoms. The van der Waals surface area contributed by atoms with Gasteiger partial charge in [-0.25, -0.2) is 0 Å². The van der Waals surface area contributed by atoms with E-state index in [-0.39, 0.29) is 0 Å². The van der Waals surface area contributed by atoms with E-state index >= 15 is 0 Å². The summed E-state index contributed by atoms with van der Waals surface area (Å²) in [5, 5.41) is 0. The van der Waals surface area contributed by atoms with E-state index in [4.69, 9.17) is 3.07 Å². The van der Waals surface area contributed by atoms with Crippen LogP contribution in [0.25, 0.3) is 0 Å². The summed E-state index contributed by atoms with van der Waals surface area (Å²) < 4.78 is 8.50. The third-order valence-corrected chi connectivity index (χ3v) is 8.15. The number of rotatable bonds is 1. The van der Waals surface area contributed by atoms with Crippen molar-refractivity contribution < 1.29 is 3.07 Å². The Labute approximate surface area is 58.7 Å². The molecule has 0 bridgehead atoms. The monoisotopic (exact) mass is 221 g/mol. The molecule has 2 heteroatoms. The first-order chi connectivity index (χ1) is 3.93. The fourth-order valence-corrected chi connectivity index (χ4v) is 6.07. The summed E-state index contributed by atoms with van der Waals surface area (Å²) in [7, 11) is 0. The van der Waals surface area contributed by atoms with Crippen molar-refractivity contribution in [3.05, 3.63) is 0 Å². The predicted molar refractivity (Wildman–Crippen MR) is 36.2 cm³/mol. The van der Waals surface area contributed by atoms with Crippen molar-refractivity contribution in [1.82, 2.24) is 0 Å². The SMILES string of the molecule is C[CH2][Sn]1[CH2]CCC[O]1. The van der Waals surface area contributed by atoms with Crippen LogP contribution in [0.5, 0.6) is 0 Å². The van der Waals surface area contributed by atoms with E-state index < -0.39 is 20.2 Å². The normalized spacial score (nSPS) is 23.6. The second-order valence-corrected chi connectivity index (χ2v) is 9.54. The average molecular weight is 220 g/mol. The number of hydrogen-bond donors (Lipinski definition) is 0. The van der Waals surface area contributed by atoms with Gasteiger partial charge in [-0.05, 0) is 0 Å². The van der Waals surface area contributed by atoms with Crippen LogP contribution in [0.15, 0.2) is 0 Å². The van der Waals surface area contributed by atoms with Gasteiger partial charge < -0.3 is 0 Å². The first kappa shape index (κ1) is 6.87. The zero-order valence-corrected chi connectivity index (χ0v) is 8.30. The van der Waals surface area contributed by atoms with Gasteiger partial charge in [0.25, 0.3) is 0 Å². The van der Waals surface area contributed by atoms with Crippen molar-refractivity contribution in [2.75, 3.05) is 6.61 Å². The quantitative estimate of drug-likeness (QED) is 0.612. The van der Waals surface area contributed by atoms with Gasteiger partial charge in [0.1, 0.15) is 0 Å². The minimum absolute atomic E-state index is 1.09. The van der Waals surface area contributed by atoms with E-state index in [1.807, 2.05) is 0 Å². The van der Waals surface area contributed by atoms with Crippen LogP contribution in [-0.4, -0.2) is 26.8 Å². The van der Waals surface area contributed by atoms with Crippen LogP contribution in [0.1, 0.15) is 19.8 Å². The third-order valence-electron chi connectivity index (χ3n) is 1.55. The molecule has 0 unspecified atom stereocenters. The fraction of sp³-hybridized carbons (Fsp3) is 1.00. The molecule has 0 amide bonds. The summed E-state index contributed by atoms with van der Waals surface area (Å²) in [6.45, 7) is 3.36. The second-order valence-electron chi connectivity index (χ2n) is 2.20. The first-order valence-corrected chi connectivity index (χ1v) is 8.61. The Balaban J connectivity index is 2.13. The minimum atomic E-state index is -1.10.